The predicted molar refractivity (Wildman–Crippen MR) is 50.0 cm³/mol. The molecular formula is C10H18O2. The van der Waals surface area contributed by atoms with Crippen LogP contribution in [0.5, 0.6) is 0 Å². The van der Waals surface area contributed by atoms with Gasteiger partial charge in [0.1, 0.15) is 0 Å². The Morgan fingerprint density at radius 3 is 2.33 bits per heavy atom. The molecule has 0 aliphatic carbocycles. The lowest BCUT2D eigenvalue weighted by Gasteiger charge is -2.13. The van der Waals surface area contributed by atoms with E-state index in [0.717, 1.165) is 18.4 Å². The summed E-state index contributed by atoms with van der Waals surface area (Å²) in [7, 11) is 0. The molecule has 0 bridgehead atoms. The summed E-state index contributed by atoms with van der Waals surface area (Å²) >= 11 is 0. The van der Waals surface area contributed by atoms with Gasteiger partial charge in [-0.1, -0.05) is 19.4 Å². The van der Waals surface area contributed by atoms with Crippen molar-refractivity contribution < 1.29 is 9.90 Å². The van der Waals surface area contributed by atoms with Crippen molar-refractivity contribution in [2.24, 2.45) is 11.8 Å². The summed E-state index contributed by atoms with van der Waals surface area (Å²) < 4.78 is 0. The van der Waals surface area contributed by atoms with Crippen molar-refractivity contribution in [1.82, 2.24) is 0 Å². The number of allylic oxidation sites excluding steroid dienone is 1. The number of rotatable bonds is 5. The Kier molecular flexibility index (Phi) is 4.64. The molecule has 0 heterocycles. The molecule has 70 valence electrons. The van der Waals surface area contributed by atoms with E-state index in [9.17, 15) is 4.79 Å². The number of aliphatic carboxylic acids is 1. The van der Waals surface area contributed by atoms with Crippen molar-refractivity contribution in [3.05, 3.63) is 12.2 Å². The molecule has 0 radical (unpaired) electrons. The van der Waals surface area contributed by atoms with Crippen LogP contribution in [0.3, 0.4) is 0 Å². The summed E-state index contributed by atoms with van der Waals surface area (Å²) in [4.78, 5) is 10.5. The van der Waals surface area contributed by atoms with E-state index in [1.807, 2.05) is 6.92 Å². The third-order valence-corrected chi connectivity index (χ3v) is 1.87. The van der Waals surface area contributed by atoms with E-state index in [1.165, 1.54) is 0 Å². The maximum atomic E-state index is 10.5. The molecule has 12 heavy (non-hydrogen) atoms. The topological polar surface area (TPSA) is 37.3 Å². The maximum absolute atomic E-state index is 10.5. The summed E-state index contributed by atoms with van der Waals surface area (Å²) in [5.41, 5.74) is 1.13. The van der Waals surface area contributed by atoms with Crippen molar-refractivity contribution in [3.63, 3.8) is 0 Å². The molecule has 0 aliphatic rings. The zero-order chi connectivity index (χ0) is 9.72. The largest absolute Gasteiger partial charge is 0.481 e. The Bertz CT molecular complexity index is 173. The second kappa shape index (κ2) is 4.96. The first-order chi connectivity index (χ1) is 5.43. The van der Waals surface area contributed by atoms with Gasteiger partial charge in [-0.3, -0.25) is 4.79 Å². The van der Waals surface area contributed by atoms with Crippen LogP contribution in [0.1, 0.15) is 33.6 Å². The summed E-state index contributed by atoms with van der Waals surface area (Å²) in [6, 6.07) is 0. The van der Waals surface area contributed by atoms with Gasteiger partial charge < -0.3 is 5.11 Å². The molecule has 0 aliphatic heterocycles. The van der Waals surface area contributed by atoms with E-state index >= 15 is 0 Å². The molecule has 2 nitrogen and oxygen atoms in total. The predicted octanol–water partition coefficient (Wildman–Crippen LogP) is 2.70. The highest BCUT2D eigenvalue weighted by Crippen LogP contribution is 2.18. The summed E-state index contributed by atoms with van der Waals surface area (Å²) in [6.07, 6.45) is 1.67. The van der Waals surface area contributed by atoms with E-state index in [-0.39, 0.29) is 5.92 Å². The Balaban J connectivity index is 3.76. The monoisotopic (exact) mass is 170 g/mol. The van der Waals surface area contributed by atoms with Gasteiger partial charge in [0.15, 0.2) is 0 Å². The molecule has 0 spiro atoms. The molecule has 2 heteroatoms. The summed E-state index contributed by atoms with van der Waals surface area (Å²) in [6.45, 7) is 9.58. The Labute approximate surface area is 74.3 Å². The van der Waals surface area contributed by atoms with E-state index in [0.29, 0.717) is 5.92 Å². The molecule has 0 aromatic heterocycles. The number of carbonyl (C=O) groups is 1. The van der Waals surface area contributed by atoms with Crippen molar-refractivity contribution in [1.29, 1.82) is 0 Å². The molecule has 0 aromatic rings. The first-order valence-electron chi connectivity index (χ1n) is 4.30. The Morgan fingerprint density at radius 2 is 2.00 bits per heavy atom. The number of hydrogen-bond acceptors (Lipinski definition) is 1. The zero-order valence-electron chi connectivity index (χ0n) is 8.13. The minimum absolute atomic E-state index is 0.237. The lowest BCUT2D eigenvalue weighted by Crippen LogP contribution is -2.13. The lowest BCUT2D eigenvalue weighted by molar-refractivity contribution is -0.141. The fraction of sp³-hybridized carbons (Fsp3) is 0.700. The maximum Gasteiger partial charge on any atom is 0.306 e. The molecule has 2 atom stereocenters. The van der Waals surface area contributed by atoms with Gasteiger partial charge in [-0.05, 0) is 25.7 Å². The van der Waals surface area contributed by atoms with Gasteiger partial charge in [-0.25, -0.2) is 0 Å². The van der Waals surface area contributed by atoms with Crippen LogP contribution in [0.25, 0.3) is 0 Å². The van der Waals surface area contributed by atoms with Crippen molar-refractivity contribution in [2.45, 2.75) is 33.6 Å². The van der Waals surface area contributed by atoms with Crippen LogP contribution in [-0.2, 0) is 4.79 Å². The quantitative estimate of drug-likeness (QED) is 0.644. The smallest absolute Gasteiger partial charge is 0.306 e. The minimum Gasteiger partial charge on any atom is -0.481 e. The summed E-state index contributed by atoms with van der Waals surface area (Å²) in [5, 5.41) is 8.64. The Morgan fingerprint density at radius 1 is 1.50 bits per heavy atom. The normalized spacial score (nSPS) is 15.2. The molecule has 1 N–H and O–H groups in total. The molecule has 0 fully saturated rings. The van der Waals surface area contributed by atoms with Gasteiger partial charge in [0.25, 0.3) is 0 Å². The highest BCUT2D eigenvalue weighted by Gasteiger charge is 2.14. The average Bonchev–Trinajstić information content (AvgIpc) is 1.84. The number of hydrogen-bond donors (Lipinski definition) is 1. The SMILES string of the molecule is C=C(C)C[C@@H](C)C[C@@H](C)C(=O)O. The van der Waals surface area contributed by atoms with Crippen LogP contribution in [0.15, 0.2) is 12.2 Å². The molecular weight excluding hydrogens is 152 g/mol. The van der Waals surface area contributed by atoms with Crippen molar-refractivity contribution in [3.8, 4) is 0 Å². The van der Waals surface area contributed by atoms with Crippen LogP contribution in [0.4, 0.5) is 0 Å². The molecule has 0 aromatic carbocycles. The molecule has 0 saturated carbocycles. The van der Waals surface area contributed by atoms with Crippen LogP contribution >= 0.6 is 0 Å². The lowest BCUT2D eigenvalue weighted by atomic mass is 9.93. The highest BCUT2D eigenvalue weighted by atomic mass is 16.4. The minimum atomic E-state index is -0.705. The zero-order valence-corrected chi connectivity index (χ0v) is 8.13. The van der Waals surface area contributed by atoms with Crippen molar-refractivity contribution >= 4 is 5.97 Å². The Hall–Kier alpha value is -0.790. The molecule has 0 unspecified atom stereocenters. The van der Waals surface area contributed by atoms with Gasteiger partial charge in [-0.15, -0.1) is 6.58 Å². The highest BCUT2D eigenvalue weighted by molar-refractivity contribution is 5.69. The van der Waals surface area contributed by atoms with Gasteiger partial charge in [0.2, 0.25) is 0 Å². The van der Waals surface area contributed by atoms with Crippen molar-refractivity contribution in [2.75, 3.05) is 0 Å². The molecule has 0 saturated heterocycles. The van der Waals surface area contributed by atoms with E-state index < -0.39 is 5.97 Å². The first kappa shape index (κ1) is 11.2. The van der Waals surface area contributed by atoms with Crippen LogP contribution in [0, 0.1) is 11.8 Å². The second-order valence-electron chi connectivity index (χ2n) is 3.74. The van der Waals surface area contributed by atoms with E-state index in [4.69, 9.17) is 5.11 Å². The fourth-order valence-corrected chi connectivity index (χ4v) is 1.38. The van der Waals surface area contributed by atoms with Gasteiger partial charge >= 0.3 is 5.97 Å². The third-order valence-electron chi connectivity index (χ3n) is 1.87. The second-order valence-corrected chi connectivity index (χ2v) is 3.74. The third kappa shape index (κ3) is 4.94. The number of carboxylic acids is 1. The first-order valence-corrected chi connectivity index (χ1v) is 4.30. The number of carboxylic acid groups (broad SMARTS) is 1. The molecule has 0 rings (SSSR count). The van der Waals surface area contributed by atoms with Gasteiger partial charge in [-0.2, -0.15) is 0 Å². The van der Waals surface area contributed by atoms with Gasteiger partial charge in [0.05, 0.1) is 5.92 Å². The van der Waals surface area contributed by atoms with Gasteiger partial charge in [0, 0.05) is 0 Å². The summed E-state index contributed by atoms with van der Waals surface area (Å²) in [5.74, 6) is -0.517. The van der Waals surface area contributed by atoms with Crippen LogP contribution < -0.4 is 0 Å². The fourth-order valence-electron chi connectivity index (χ4n) is 1.38. The van der Waals surface area contributed by atoms with E-state index in [1.54, 1.807) is 6.92 Å². The van der Waals surface area contributed by atoms with Crippen LogP contribution in [-0.4, -0.2) is 11.1 Å². The van der Waals surface area contributed by atoms with E-state index in [2.05, 4.69) is 13.5 Å². The van der Waals surface area contributed by atoms with Crippen LogP contribution in [0.2, 0.25) is 0 Å². The standard InChI is InChI=1S/C10H18O2/c1-7(2)5-8(3)6-9(4)10(11)12/h8-9H,1,5-6H2,2-4H3,(H,11,12)/t8-,9-/m1/s1. The average molecular weight is 170 g/mol. The molecule has 0 amide bonds.